The van der Waals surface area contributed by atoms with E-state index < -0.39 is 5.82 Å². The fraction of sp³-hybridized carbons (Fsp3) is 0.125. The molecule has 0 bridgehead atoms. The Kier molecular flexibility index (Phi) is 5.00. The van der Waals surface area contributed by atoms with E-state index in [1.54, 1.807) is 0 Å². The molecule has 13 heavy (non-hydrogen) atoms. The third-order valence-electron chi connectivity index (χ3n) is 1.42. The predicted molar refractivity (Wildman–Crippen MR) is 47.3 cm³/mol. The van der Waals surface area contributed by atoms with E-state index >= 15 is 0 Å². The van der Waals surface area contributed by atoms with Gasteiger partial charge in [0.15, 0.2) is 0 Å². The van der Waals surface area contributed by atoms with Crippen molar-refractivity contribution in [3.8, 4) is 6.07 Å². The fourth-order valence-electron chi connectivity index (χ4n) is 0.824. The van der Waals surface area contributed by atoms with Gasteiger partial charge in [0.25, 0.3) is 0 Å². The van der Waals surface area contributed by atoms with Gasteiger partial charge < -0.3 is 0 Å². The largest absolute Gasteiger partial charge is 0.300 e. The first kappa shape index (κ1) is 11.8. The van der Waals surface area contributed by atoms with Crippen LogP contribution in [0.4, 0.5) is 4.39 Å². The lowest BCUT2D eigenvalue weighted by Gasteiger charge is -1.99. The molecule has 0 amide bonds. The van der Waals surface area contributed by atoms with Gasteiger partial charge >= 0.3 is 0 Å². The first-order chi connectivity index (χ1) is 5.77. The summed E-state index contributed by atoms with van der Waals surface area (Å²) in [6, 6.07) is 5.96. The summed E-state index contributed by atoms with van der Waals surface area (Å²) < 4.78 is 12.9. The molecule has 0 radical (unpaired) electrons. The monoisotopic (exact) mass is 202 g/mol. The van der Waals surface area contributed by atoms with Gasteiger partial charge in [0.2, 0.25) is 0 Å². The summed E-state index contributed by atoms with van der Waals surface area (Å²) in [5, 5.41) is 8.41. The second-order valence-corrected chi connectivity index (χ2v) is 2.23. The SMILES string of the molecule is Cl.N#Cc1ccc(CON)c(F)c1. The molecule has 0 saturated carbocycles. The van der Waals surface area contributed by atoms with Gasteiger partial charge in [-0.2, -0.15) is 5.26 Å². The highest BCUT2D eigenvalue weighted by atomic mass is 35.5. The van der Waals surface area contributed by atoms with Gasteiger partial charge in [0.1, 0.15) is 5.82 Å². The van der Waals surface area contributed by atoms with Crippen LogP contribution in [0.2, 0.25) is 0 Å². The van der Waals surface area contributed by atoms with Crippen molar-refractivity contribution in [1.29, 1.82) is 5.26 Å². The zero-order valence-electron chi connectivity index (χ0n) is 6.66. The van der Waals surface area contributed by atoms with Crippen molar-refractivity contribution in [2.75, 3.05) is 0 Å². The molecule has 0 saturated heterocycles. The highest BCUT2D eigenvalue weighted by molar-refractivity contribution is 5.85. The zero-order valence-corrected chi connectivity index (χ0v) is 7.47. The van der Waals surface area contributed by atoms with Gasteiger partial charge in [-0.15, -0.1) is 12.4 Å². The standard InChI is InChI=1S/C8H7FN2O.ClH/c9-8-3-6(4-10)1-2-7(8)5-12-11;/h1-3H,5,11H2;1H. The minimum atomic E-state index is -0.473. The molecule has 0 aromatic heterocycles. The Bertz CT molecular complexity index is 324. The lowest BCUT2D eigenvalue weighted by atomic mass is 10.1. The van der Waals surface area contributed by atoms with Crippen LogP contribution < -0.4 is 5.90 Å². The summed E-state index contributed by atoms with van der Waals surface area (Å²) in [5.41, 5.74) is 0.629. The number of nitrogens with two attached hydrogens (primary N) is 1. The molecule has 1 aromatic rings. The number of benzene rings is 1. The van der Waals surface area contributed by atoms with Crippen molar-refractivity contribution in [3.63, 3.8) is 0 Å². The summed E-state index contributed by atoms with van der Waals surface area (Å²) in [5.74, 6) is 4.30. The predicted octanol–water partition coefficient (Wildman–Crippen LogP) is 1.51. The Morgan fingerprint density at radius 3 is 2.69 bits per heavy atom. The lowest BCUT2D eigenvalue weighted by Crippen LogP contribution is -2.01. The van der Waals surface area contributed by atoms with Crippen LogP contribution in [0.1, 0.15) is 11.1 Å². The zero-order chi connectivity index (χ0) is 8.97. The first-order valence-corrected chi connectivity index (χ1v) is 3.28. The number of halogens is 2. The van der Waals surface area contributed by atoms with E-state index in [2.05, 4.69) is 4.84 Å². The van der Waals surface area contributed by atoms with Crippen LogP contribution in [0.15, 0.2) is 18.2 Å². The minimum absolute atomic E-state index is 0. The van der Waals surface area contributed by atoms with Crippen LogP contribution >= 0.6 is 12.4 Å². The third-order valence-corrected chi connectivity index (χ3v) is 1.42. The van der Waals surface area contributed by atoms with Crippen LogP contribution in [0.25, 0.3) is 0 Å². The number of nitrogens with zero attached hydrogens (tertiary/aromatic N) is 1. The van der Waals surface area contributed by atoms with Gasteiger partial charge in [-0.3, -0.25) is 4.84 Å². The second kappa shape index (κ2) is 5.49. The molecule has 0 aliphatic rings. The summed E-state index contributed by atoms with van der Waals surface area (Å²) in [4.78, 5) is 4.26. The average Bonchev–Trinajstić information content (AvgIpc) is 2.09. The molecular weight excluding hydrogens is 195 g/mol. The second-order valence-electron chi connectivity index (χ2n) is 2.23. The first-order valence-electron chi connectivity index (χ1n) is 3.28. The molecule has 0 fully saturated rings. The van der Waals surface area contributed by atoms with Crippen molar-refractivity contribution < 1.29 is 9.23 Å². The van der Waals surface area contributed by atoms with Gasteiger partial charge in [-0.05, 0) is 12.1 Å². The highest BCUT2D eigenvalue weighted by Crippen LogP contribution is 2.09. The number of hydrogen-bond donors (Lipinski definition) is 1. The van der Waals surface area contributed by atoms with E-state index in [0.29, 0.717) is 5.56 Å². The van der Waals surface area contributed by atoms with E-state index in [9.17, 15) is 4.39 Å². The Hall–Kier alpha value is -1.15. The van der Waals surface area contributed by atoms with Gasteiger partial charge in [-0.1, -0.05) is 6.07 Å². The quantitative estimate of drug-likeness (QED) is 0.740. The Balaban J connectivity index is 0.00000144. The topological polar surface area (TPSA) is 59.0 Å². The number of nitriles is 1. The minimum Gasteiger partial charge on any atom is -0.300 e. The molecule has 5 heteroatoms. The summed E-state index contributed by atoms with van der Waals surface area (Å²) >= 11 is 0. The van der Waals surface area contributed by atoms with Crippen LogP contribution in [0.5, 0.6) is 0 Å². The van der Waals surface area contributed by atoms with Crippen LogP contribution in [-0.4, -0.2) is 0 Å². The Labute approximate surface area is 81.3 Å². The molecule has 70 valence electrons. The molecule has 1 aromatic carbocycles. The third kappa shape index (κ3) is 2.99. The number of rotatable bonds is 2. The van der Waals surface area contributed by atoms with Crippen molar-refractivity contribution >= 4 is 12.4 Å². The van der Waals surface area contributed by atoms with Crippen molar-refractivity contribution in [2.45, 2.75) is 6.61 Å². The van der Waals surface area contributed by atoms with E-state index in [1.807, 2.05) is 6.07 Å². The van der Waals surface area contributed by atoms with E-state index in [-0.39, 0.29) is 24.6 Å². The Morgan fingerprint density at radius 1 is 1.54 bits per heavy atom. The van der Waals surface area contributed by atoms with E-state index in [1.165, 1.54) is 12.1 Å². The molecule has 0 spiro atoms. The maximum Gasteiger partial charge on any atom is 0.130 e. The van der Waals surface area contributed by atoms with E-state index in [4.69, 9.17) is 11.2 Å². The van der Waals surface area contributed by atoms with Crippen molar-refractivity contribution in [3.05, 3.63) is 35.1 Å². The molecule has 0 aliphatic carbocycles. The molecule has 0 aliphatic heterocycles. The van der Waals surface area contributed by atoms with Gasteiger partial charge in [-0.25, -0.2) is 10.3 Å². The molecular formula is C8H8ClFN2O. The van der Waals surface area contributed by atoms with Gasteiger partial charge in [0, 0.05) is 5.56 Å². The maximum absolute atomic E-state index is 12.9. The number of hydrogen-bond acceptors (Lipinski definition) is 3. The molecule has 3 nitrogen and oxygen atoms in total. The Morgan fingerprint density at radius 2 is 2.23 bits per heavy atom. The van der Waals surface area contributed by atoms with Crippen LogP contribution in [0, 0.1) is 17.1 Å². The van der Waals surface area contributed by atoms with Gasteiger partial charge in [0.05, 0.1) is 18.2 Å². The smallest absolute Gasteiger partial charge is 0.130 e. The maximum atomic E-state index is 12.9. The molecule has 0 unspecified atom stereocenters. The average molecular weight is 203 g/mol. The fourth-order valence-corrected chi connectivity index (χ4v) is 0.824. The highest BCUT2D eigenvalue weighted by Gasteiger charge is 2.02. The molecule has 0 heterocycles. The van der Waals surface area contributed by atoms with Crippen LogP contribution in [0.3, 0.4) is 0 Å². The van der Waals surface area contributed by atoms with Crippen LogP contribution in [-0.2, 0) is 11.4 Å². The summed E-state index contributed by atoms with van der Waals surface area (Å²) in [6.45, 7) is 0.0115. The summed E-state index contributed by atoms with van der Waals surface area (Å²) in [6.07, 6.45) is 0. The van der Waals surface area contributed by atoms with Crippen molar-refractivity contribution in [2.24, 2.45) is 5.90 Å². The summed E-state index contributed by atoms with van der Waals surface area (Å²) in [7, 11) is 0. The molecule has 2 N–H and O–H groups in total. The van der Waals surface area contributed by atoms with E-state index in [0.717, 1.165) is 6.07 Å². The lowest BCUT2D eigenvalue weighted by molar-refractivity contribution is 0.121. The molecule has 0 atom stereocenters. The molecule has 1 rings (SSSR count). The van der Waals surface area contributed by atoms with Crippen molar-refractivity contribution in [1.82, 2.24) is 0 Å². The normalized spacial score (nSPS) is 8.69.